The molecule has 0 fully saturated rings. The molecule has 0 spiro atoms. The summed E-state index contributed by atoms with van der Waals surface area (Å²) in [5.41, 5.74) is 0.606. The lowest BCUT2D eigenvalue weighted by Gasteiger charge is -2.29. The standard InChI is InChI=1S/C14H16N2O8/c17-9-23-7-15(5-13(19)20)11-3-1-2-4-12(11)16(6-14(21)22)8-24-10-18/h1-4,9-10H,5-8H2,(H,19,20)(H,21,22). The third kappa shape index (κ3) is 5.83. The number of carbonyl (C=O) groups is 4. The lowest BCUT2D eigenvalue weighted by molar-refractivity contribution is -0.137. The number of carbonyl (C=O) groups excluding carboxylic acids is 2. The number of benzene rings is 1. The van der Waals surface area contributed by atoms with E-state index in [4.69, 9.17) is 10.2 Å². The van der Waals surface area contributed by atoms with Crippen LogP contribution in [0.15, 0.2) is 24.3 Å². The molecule has 0 aromatic heterocycles. The third-order valence-electron chi connectivity index (χ3n) is 2.81. The number of rotatable bonds is 12. The minimum absolute atomic E-state index is 0.169. The second-order valence-electron chi connectivity index (χ2n) is 4.46. The van der Waals surface area contributed by atoms with E-state index in [1.165, 1.54) is 21.9 Å². The Labute approximate surface area is 136 Å². The number of aliphatic carboxylic acids is 2. The van der Waals surface area contributed by atoms with Crippen LogP contribution in [0.25, 0.3) is 0 Å². The molecule has 0 aliphatic heterocycles. The molecule has 0 radical (unpaired) electrons. The molecule has 0 unspecified atom stereocenters. The van der Waals surface area contributed by atoms with Crippen LogP contribution in [0.2, 0.25) is 0 Å². The molecule has 0 aliphatic rings. The molecule has 0 bridgehead atoms. The predicted octanol–water partition coefficient (Wildman–Crippen LogP) is -0.270. The first kappa shape index (κ1) is 18.7. The fraction of sp³-hybridized carbons (Fsp3) is 0.286. The highest BCUT2D eigenvalue weighted by Gasteiger charge is 2.20. The molecule has 10 heteroatoms. The first-order valence-corrected chi connectivity index (χ1v) is 6.62. The highest BCUT2D eigenvalue weighted by Crippen LogP contribution is 2.29. The van der Waals surface area contributed by atoms with Gasteiger partial charge in [0.25, 0.3) is 12.9 Å². The summed E-state index contributed by atoms with van der Waals surface area (Å²) in [6.07, 6.45) is 0. The van der Waals surface area contributed by atoms with E-state index in [1.54, 1.807) is 12.1 Å². The van der Waals surface area contributed by atoms with E-state index in [-0.39, 0.29) is 26.4 Å². The summed E-state index contributed by atoms with van der Waals surface area (Å²) in [5.74, 6) is -2.35. The van der Waals surface area contributed by atoms with Gasteiger partial charge in [-0.2, -0.15) is 0 Å². The lowest BCUT2D eigenvalue weighted by Crippen LogP contribution is -2.36. The van der Waals surface area contributed by atoms with Crippen molar-refractivity contribution in [1.82, 2.24) is 0 Å². The molecule has 0 amide bonds. The zero-order valence-electron chi connectivity index (χ0n) is 12.5. The molecule has 10 nitrogen and oxygen atoms in total. The number of ether oxygens (including phenoxy) is 2. The van der Waals surface area contributed by atoms with Gasteiger partial charge in [0.05, 0.1) is 11.4 Å². The number of anilines is 2. The maximum atomic E-state index is 11.0. The van der Waals surface area contributed by atoms with Gasteiger partial charge in [-0.05, 0) is 12.1 Å². The summed E-state index contributed by atoms with van der Waals surface area (Å²) in [4.78, 5) is 45.3. The quantitative estimate of drug-likeness (QED) is 0.387. The van der Waals surface area contributed by atoms with E-state index in [9.17, 15) is 19.2 Å². The number of carboxylic acids is 2. The molecular weight excluding hydrogens is 324 g/mol. The van der Waals surface area contributed by atoms with Crippen LogP contribution in [-0.2, 0) is 28.7 Å². The van der Waals surface area contributed by atoms with Crippen LogP contribution in [0, 0.1) is 0 Å². The summed E-state index contributed by atoms with van der Waals surface area (Å²) in [6, 6.07) is 6.27. The van der Waals surface area contributed by atoms with Gasteiger partial charge in [-0.25, -0.2) is 0 Å². The molecule has 0 saturated carbocycles. The number of hydrogen-bond donors (Lipinski definition) is 2. The van der Waals surface area contributed by atoms with Crippen LogP contribution < -0.4 is 9.80 Å². The van der Waals surface area contributed by atoms with Crippen molar-refractivity contribution in [2.75, 3.05) is 36.4 Å². The molecule has 24 heavy (non-hydrogen) atoms. The van der Waals surface area contributed by atoms with Crippen molar-refractivity contribution in [3.63, 3.8) is 0 Å². The smallest absolute Gasteiger partial charge is 0.323 e. The van der Waals surface area contributed by atoms with Gasteiger partial charge in [0.1, 0.15) is 13.1 Å². The summed E-state index contributed by atoms with van der Waals surface area (Å²) in [5, 5.41) is 18.0. The summed E-state index contributed by atoms with van der Waals surface area (Å²) >= 11 is 0. The van der Waals surface area contributed by atoms with Crippen LogP contribution in [0.5, 0.6) is 0 Å². The first-order chi connectivity index (χ1) is 11.5. The number of nitrogens with zero attached hydrogens (tertiary/aromatic N) is 2. The maximum Gasteiger partial charge on any atom is 0.323 e. The molecule has 130 valence electrons. The van der Waals surface area contributed by atoms with Crippen LogP contribution in [-0.4, -0.2) is 61.6 Å². The number of carboxylic acid groups (broad SMARTS) is 2. The Hall–Kier alpha value is -3.30. The SMILES string of the molecule is O=COCN(CC(=O)O)c1ccccc1N(COC=O)CC(=O)O. The second-order valence-corrected chi connectivity index (χ2v) is 4.46. The van der Waals surface area contributed by atoms with Crippen molar-refractivity contribution >= 4 is 36.3 Å². The molecule has 0 heterocycles. The van der Waals surface area contributed by atoms with E-state index in [0.717, 1.165) is 0 Å². The fourth-order valence-corrected chi connectivity index (χ4v) is 1.97. The van der Waals surface area contributed by atoms with Gasteiger partial charge in [0.15, 0.2) is 13.5 Å². The van der Waals surface area contributed by atoms with Gasteiger partial charge >= 0.3 is 11.9 Å². The van der Waals surface area contributed by atoms with E-state index in [1.807, 2.05) is 0 Å². The lowest BCUT2D eigenvalue weighted by atomic mass is 10.2. The van der Waals surface area contributed by atoms with E-state index in [0.29, 0.717) is 11.4 Å². The molecule has 1 aromatic carbocycles. The van der Waals surface area contributed by atoms with E-state index < -0.39 is 25.0 Å². The molecule has 2 N–H and O–H groups in total. The predicted molar refractivity (Wildman–Crippen MR) is 80.4 cm³/mol. The maximum absolute atomic E-state index is 11.0. The van der Waals surface area contributed by atoms with Gasteiger partial charge in [-0.15, -0.1) is 0 Å². The van der Waals surface area contributed by atoms with Crippen molar-refractivity contribution in [1.29, 1.82) is 0 Å². The summed E-state index contributed by atoms with van der Waals surface area (Å²) in [6.45, 7) is -1.32. The highest BCUT2D eigenvalue weighted by molar-refractivity contribution is 5.81. The largest absolute Gasteiger partial charge is 0.480 e. The topological polar surface area (TPSA) is 134 Å². The van der Waals surface area contributed by atoms with Crippen LogP contribution >= 0.6 is 0 Å². The van der Waals surface area contributed by atoms with Crippen molar-refractivity contribution in [2.45, 2.75) is 0 Å². The van der Waals surface area contributed by atoms with Crippen LogP contribution in [0.4, 0.5) is 11.4 Å². The van der Waals surface area contributed by atoms with E-state index >= 15 is 0 Å². The zero-order chi connectivity index (χ0) is 17.9. The van der Waals surface area contributed by atoms with Gasteiger partial charge in [-0.1, -0.05) is 12.1 Å². The Morgan fingerprint density at radius 1 is 0.875 bits per heavy atom. The van der Waals surface area contributed by atoms with Crippen molar-refractivity contribution in [3.8, 4) is 0 Å². The highest BCUT2D eigenvalue weighted by atomic mass is 16.5. The average molecular weight is 340 g/mol. The Morgan fingerprint density at radius 2 is 1.25 bits per heavy atom. The number of hydrogen-bond acceptors (Lipinski definition) is 8. The monoisotopic (exact) mass is 340 g/mol. The second kappa shape index (κ2) is 9.66. The Morgan fingerprint density at radius 3 is 1.54 bits per heavy atom. The third-order valence-corrected chi connectivity index (χ3v) is 2.81. The molecule has 0 aliphatic carbocycles. The summed E-state index contributed by atoms with van der Waals surface area (Å²) < 4.78 is 9.22. The molecule has 0 saturated heterocycles. The van der Waals surface area contributed by atoms with E-state index in [2.05, 4.69) is 9.47 Å². The average Bonchev–Trinajstić information content (AvgIpc) is 2.54. The normalized spacial score (nSPS) is 9.67. The van der Waals surface area contributed by atoms with Crippen molar-refractivity contribution < 1.29 is 38.9 Å². The Bertz CT molecular complexity index is 541. The zero-order valence-corrected chi connectivity index (χ0v) is 12.5. The minimum atomic E-state index is -1.17. The number of para-hydroxylation sites is 2. The molecule has 1 rings (SSSR count). The fourth-order valence-electron chi connectivity index (χ4n) is 1.97. The van der Waals surface area contributed by atoms with Gasteiger partial charge in [0.2, 0.25) is 0 Å². The molecule has 1 aromatic rings. The molecule has 0 atom stereocenters. The van der Waals surface area contributed by atoms with Crippen molar-refractivity contribution in [3.05, 3.63) is 24.3 Å². The molecular formula is C14H16N2O8. The Kier molecular flexibility index (Phi) is 7.55. The van der Waals surface area contributed by atoms with Gasteiger partial charge < -0.3 is 29.5 Å². The van der Waals surface area contributed by atoms with Crippen LogP contribution in [0.1, 0.15) is 0 Å². The van der Waals surface area contributed by atoms with Gasteiger partial charge in [0, 0.05) is 0 Å². The van der Waals surface area contributed by atoms with Crippen molar-refractivity contribution in [2.24, 2.45) is 0 Å². The first-order valence-electron chi connectivity index (χ1n) is 6.62. The van der Waals surface area contributed by atoms with Crippen LogP contribution in [0.3, 0.4) is 0 Å². The Balaban J connectivity index is 3.20. The van der Waals surface area contributed by atoms with Gasteiger partial charge in [-0.3, -0.25) is 19.2 Å². The summed E-state index contributed by atoms with van der Waals surface area (Å²) in [7, 11) is 0. The minimum Gasteiger partial charge on any atom is -0.480 e.